The Hall–Kier alpha value is -0.120. The molecule has 0 aliphatic heterocycles. The van der Waals surface area contributed by atoms with Crippen LogP contribution in [0.15, 0.2) is 5.38 Å². The Balaban J connectivity index is 2.25. The van der Waals surface area contributed by atoms with E-state index in [1.54, 1.807) is 11.3 Å². The van der Waals surface area contributed by atoms with E-state index in [-0.39, 0.29) is 6.10 Å². The minimum atomic E-state index is 0.151. The SMILES string of the molecule is CCCCCCCOC(CC)c1nc(CCl)cs1. The minimum Gasteiger partial charge on any atom is -0.371 e. The van der Waals surface area contributed by atoms with Gasteiger partial charge < -0.3 is 4.74 Å². The molecule has 1 aromatic heterocycles. The zero-order valence-corrected chi connectivity index (χ0v) is 13.0. The van der Waals surface area contributed by atoms with Crippen molar-refractivity contribution < 1.29 is 4.74 Å². The van der Waals surface area contributed by atoms with Crippen molar-refractivity contribution in [2.45, 2.75) is 64.4 Å². The maximum absolute atomic E-state index is 5.92. The average molecular weight is 290 g/mol. The summed E-state index contributed by atoms with van der Waals surface area (Å²) in [6, 6.07) is 0. The monoisotopic (exact) mass is 289 g/mol. The third kappa shape index (κ3) is 5.68. The summed E-state index contributed by atoms with van der Waals surface area (Å²) < 4.78 is 5.92. The van der Waals surface area contributed by atoms with E-state index in [1.165, 1.54) is 25.7 Å². The van der Waals surface area contributed by atoms with Crippen molar-refractivity contribution in [1.82, 2.24) is 4.98 Å². The van der Waals surface area contributed by atoms with Gasteiger partial charge in [-0.05, 0) is 12.8 Å². The third-order valence-electron chi connectivity index (χ3n) is 2.92. The summed E-state index contributed by atoms with van der Waals surface area (Å²) >= 11 is 7.42. The molecule has 0 spiro atoms. The van der Waals surface area contributed by atoms with Gasteiger partial charge in [-0.15, -0.1) is 22.9 Å². The molecule has 1 aromatic rings. The first-order chi connectivity index (χ1) is 8.81. The van der Waals surface area contributed by atoms with Crippen LogP contribution >= 0.6 is 22.9 Å². The standard InChI is InChI=1S/C14H24ClNOS/c1-3-5-6-7-8-9-17-13(4-2)14-16-12(10-15)11-18-14/h11,13H,3-10H2,1-2H3. The lowest BCUT2D eigenvalue weighted by Crippen LogP contribution is -2.04. The molecule has 0 aliphatic rings. The highest BCUT2D eigenvalue weighted by atomic mass is 35.5. The van der Waals surface area contributed by atoms with Gasteiger partial charge in [-0.1, -0.05) is 39.5 Å². The number of ether oxygens (including phenoxy) is 1. The Morgan fingerprint density at radius 3 is 2.67 bits per heavy atom. The van der Waals surface area contributed by atoms with E-state index in [9.17, 15) is 0 Å². The van der Waals surface area contributed by atoms with Crippen molar-refractivity contribution >= 4 is 22.9 Å². The topological polar surface area (TPSA) is 22.1 Å². The lowest BCUT2D eigenvalue weighted by Gasteiger charge is -2.13. The van der Waals surface area contributed by atoms with Crippen molar-refractivity contribution in [3.05, 3.63) is 16.1 Å². The van der Waals surface area contributed by atoms with Crippen LogP contribution in [0.5, 0.6) is 0 Å². The Morgan fingerprint density at radius 2 is 2.06 bits per heavy atom. The Bertz CT molecular complexity index is 316. The molecule has 2 nitrogen and oxygen atoms in total. The van der Waals surface area contributed by atoms with Gasteiger partial charge in [0.05, 0.1) is 11.6 Å². The van der Waals surface area contributed by atoms with Crippen molar-refractivity contribution in [3.8, 4) is 0 Å². The van der Waals surface area contributed by atoms with Crippen LogP contribution in [0.25, 0.3) is 0 Å². The predicted molar refractivity (Wildman–Crippen MR) is 79.4 cm³/mol. The lowest BCUT2D eigenvalue weighted by molar-refractivity contribution is 0.0470. The molecule has 4 heteroatoms. The second-order valence-electron chi connectivity index (χ2n) is 4.49. The van der Waals surface area contributed by atoms with Gasteiger partial charge in [-0.25, -0.2) is 4.98 Å². The molecule has 0 bridgehead atoms. The zero-order chi connectivity index (χ0) is 13.2. The lowest BCUT2D eigenvalue weighted by atomic mass is 10.2. The molecular weight excluding hydrogens is 266 g/mol. The normalized spacial score (nSPS) is 12.8. The molecule has 0 saturated carbocycles. The number of hydrogen-bond donors (Lipinski definition) is 0. The van der Waals surface area contributed by atoms with E-state index in [1.807, 2.05) is 5.38 Å². The minimum absolute atomic E-state index is 0.151. The van der Waals surface area contributed by atoms with E-state index >= 15 is 0 Å². The number of rotatable bonds is 10. The van der Waals surface area contributed by atoms with Crippen molar-refractivity contribution in [3.63, 3.8) is 0 Å². The maximum atomic E-state index is 5.92. The van der Waals surface area contributed by atoms with Crippen molar-refractivity contribution in [1.29, 1.82) is 0 Å². The maximum Gasteiger partial charge on any atom is 0.122 e. The molecule has 0 amide bonds. The fourth-order valence-electron chi connectivity index (χ4n) is 1.83. The Labute approximate surface area is 120 Å². The zero-order valence-electron chi connectivity index (χ0n) is 11.5. The first-order valence-corrected chi connectivity index (χ1v) is 8.35. The first kappa shape index (κ1) is 15.9. The van der Waals surface area contributed by atoms with E-state index in [2.05, 4.69) is 18.8 Å². The number of hydrogen-bond acceptors (Lipinski definition) is 3. The highest BCUT2D eigenvalue weighted by molar-refractivity contribution is 7.09. The Kier molecular flexibility index (Phi) is 8.64. The van der Waals surface area contributed by atoms with Crippen LogP contribution < -0.4 is 0 Å². The molecule has 1 unspecified atom stereocenters. The molecule has 0 aliphatic carbocycles. The van der Waals surface area contributed by atoms with Crippen LogP contribution in [0, 0.1) is 0 Å². The highest BCUT2D eigenvalue weighted by Gasteiger charge is 2.13. The highest BCUT2D eigenvalue weighted by Crippen LogP contribution is 2.25. The first-order valence-electron chi connectivity index (χ1n) is 6.93. The second-order valence-corrected chi connectivity index (χ2v) is 5.65. The van der Waals surface area contributed by atoms with E-state index in [4.69, 9.17) is 16.3 Å². The molecule has 0 saturated heterocycles. The summed E-state index contributed by atoms with van der Waals surface area (Å²) in [5.41, 5.74) is 0.960. The molecule has 18 heavy (non-hydrogen) atoms. The third-order valence-corrected chi connectivity index (χ3v) is 4.18. The Morgan fingerprint density at radius 1 is 1.28 bits per heavy atom. The molecule has 1 atom stereocenters. The molecule has 0 fully saturated rings. The quantitative estimate of drug-likeness (QED) is 0.429. The molecule has 104 valence electrons. The summed E-state index contributed by atoms with van der Waals surface area (Å²) in [7, 11) is 0. The number of aromatic nitrogens is 1. The number of halogens is 1. The number of unbranched alkanes of at least 4 members (excludes halogenated alkanes) is 4. The van der Waals surface area contributed by atoms with Crippen LogP contribution in [0.2, 0.25) is 0 Å². The summed E-state index contributed by atoms with van der Waals surface area (Å²) in [5.74, 6) is 0.490. The fourth-order valence-corrected chi connectivity index (χ4v) is 3.00. The van der Waals surface area contributed by atoms with Gasteiger partial charge in [0.2, 0.25) is 0 Å². The van der Waals surface area contributed by atoms with Crippen molar-refractivity contribution in [2.24, 2.45) is 0 Å². The number of nitrogens with zero attached hydrogens (tertiary/aromatic N) is 1. The van der Waals surface area contributed by atoms with Crippen LogP contribution in [0.3, 0.4) is 0 Å². The smallest absolute Gasteiger partial charge is 0.122 e. The van der Waals surface area contributed by atoms with Gasteiger partial charge in [0.15, 0.2) is 0 Å². The molecule has 1 rings (SSSR count). The summed E-state index contributed by atoms with van der Waals surface area (Å²) in [6.07, 6.45) is 7.51. The van der Waals surface area contributed by atoms with Crippen LogP contribution in [-0.2, 0) is 10.6 Å². The van der Waals surface area contributed by atoms with Crippen molar-refractivity contribution in [2.75, 3.05) is 6.61 Å². The second kappa shape index (κ2) is 9.76. The molecular formula is C14H24ClNOS. The van der Waals surface area contributed by atoms with Crippen LogP contribution in [0.4, 0.5) is 0 Å². The van der Waals surface area contributed by atoms with Gasteiger partial charge >= 0.3 is 0 Å². The fraction of sp³-hybridized carbons (Fsp3) is 0.786. The van der Waals surface area contributed by atoms with Crippen LogP contribution in [0.1, 0.15) is 69.2 Å². The van der Waals surface area contributed by atoms with Gasteiger partial charge in [0.1, 0.15) is 11.1 Å². The molecule has 0 aromatic carbocycles. The predicted octanol–water partition coefficient (Wildman–Crippen LogP) is 5.32. The van der Waals surface area contributed by atoms with Gasteiger partial charge in [-0.2, -0.15) is 0 Å². The summed E-state index contributed by atoms with van der Waals surface area (Å²) in [5, 5.41) is 3.09. The summed E-state index contributed by atoms with van der Waals surface area (Å²) in [4.78, 5) is 4.49. The molecule has 0 N–H and O–H groups in total. The summed E-state index contributed by atoms with van der Waals surface area (Å²) in [6.45, 7) is 5.22. The van der Waals surface area contributed by atoms with E-state index in [0.717, 1.165) is 30.2 Å². The number of thiazole rings is 1. The number of alkyl halides is 1. The van der Waals surface area contributed by atoms with Gasteiger partial charge in [0, 0.05) is 12.0 Å². The van der Waals surface area contributed by atoms with Crippen LogP contribution in [-0.4, -0.2) is 11.6 Å². The van der Waals surface area contributed by atoms with Gasteiger partial charge in [0.25, 0.3) is 0 Å². The van der Waals surface area contributed by atoms with E-state index in [0.29, 0.717) is 5.88 Å². The largest absolute Gasteiger partial charge is 0.371 e. The molecule has 1 heterocycles. The molecule has 0 radical (unpaired) electrons. The van der Waals surface area contributed by atoms with Gasteiger partial charge in [-0.3, -0.25) is 0 Å². The van der Waals surface area contributed by atoms with E-state index < -0.39 is 0 Å². The average Bonchev–Trinajstić information content (AvgIpc) is 2.87.